The van der Waals surface area contributed by atoms with Crippen molar-refractivity contribution in [3.8, 4) is 5.75 Å². The zero-order chi connectivity index (χ0) is 19.8. The predicted molar refractivity (Wildman–Crippen MR) is 108 cm³/mol. The van der Waals surface area contributed by atoms with E-state index in [0.29, 0.717) is 27.5 Å². The van der Waals surface area contributed by atoms with Crippen LogP contribution in [0.1, 0.15) is 12.8 Å². The molecule has 0 radical (unpaired) electrons. The van der Waals surface area contributed by atoms with E-state index in [4.69, 9.17) is 9.47 Å². The third-order valence-corrected chi connectivity index (χ3v) is 5.85. The quantitative estimate of drug-likeness (QED) is 0.555. The summed E-state index contributed by atoms with van der Waals surface area (Å²) >= 11 is 2.59. The van der Waals surface area contributed by atoms with E-state index in [1.165, 1.54) is 23.1 Å². The van der Waals surface area contributed by atoms with Gasteiger partial charge in [-0.25, -0.2) is 4.79 Å². The molecule has 1 aliphatic heterocycles. The molecule has 0 bridgehead atoms. The van der Waals surface area contributed by atoms with Crippen LogP contribution in [0.15, 0.2) is 28.6 Å². The molecule has 9 nitrogen and oxygen atoms in total. The molecule has 28 heavy (non-hydrogen) atoms. The number of aromatic nitrogens is 2. The third-order valence-electron chi connectivity index (χ3n) is 3.84. The molecule has 1 saturated heterocycles. The summed E-state index contributed by atoms with van der Waals surface area (Å²) in [7, 11) is 1.56. The zero-order valence-corrected chi connectivity index (χ0v) is 16.9. The lowest BCUT2D eigenvalue weighted by Gasteiger charge is -2.08. The molecule has 150 valence electrons. The summed E-state index contributed by atoms with van der Waals surface area (Å²) in [5, 5.41) is 16.8. The van der Waals surface area contributed by atoms with Crippen molar-refractivity contribution in [1.29, 1.82) is 0 Å². The van der Waals surface area contributed by atoms with E-state index in [1.54, 1.807) is 31.4 Å². The number of imide groups is 1. The maximum atomic E-state index is 11.9. The Kier molecular flexibility index (Phi) is 7.46. The maximum absolute atomic E-state index is 11.9. The van der Waals surface area contributed by atoms with Crippen molar-refractivity contribution in [2.45, 2.75) is 23.3 Å². The Labute approximate surface area is 170 Å². The molecule has 2 aromatic rings. The van der Waals surface area contributed by atoms with Gasteiger partial charge in [0, 0.05) is 18.8 Å². The zero-order valence-electron chi connectivity index (χ0n) is 15.3. The Bertz CT molecular complexity index is 793. The van der Waals surface area contributed by atoms with Crippen molar-refractivity contribution in [3.63, 3.8) is 0 Å². The van der Waals surface area contributed by atoms with Gasteiger partial charge in [0.1, 0.15) is 5.75 Å². The number of amides is 3. The Balaban J connectivity index is 1.36. The third kappa shape index (κ3) is 6.36. The predicted octanol–water partition coefficient (Wildman–Crippen LogP) is 2.58. The SMILES string of the molecule is COc1ccc(NC(=O)NC(=O)CSc2nnc(NC[C@@H]3CCCO3)s2)cc1. The first-order valence-electron chi connectivity index (χ1n) is 8.69. The molecule has 11 heteroatoms. The number of carbonyl (C=O) groups excluding carboxylic acids is 2. The second kappa shape index (κ2) is 10.2. The highest BCUT2D eigenvalue weighted by Gasteiger charge is 2.16. The molecule has 1 aliphatic rings. The van der Waals surface area contributed by atoms with Crippen molar-refractivity contribution in [2.75, 3.05) is 36.6 Å². The molecule has 3 N–H and O–H groups in total. The molecule has 1 atom stereocenters. The Morgan fingerprint density at radius 2 is 2.14 bits per heavy atom. The molecule has 3 amide bonds. The van der Waals surface area contributed by atoms with E-state index in [-0.39, 0.29) is 11.9 Å². The number of hydrogen-bond acceptors (Lipinski definition) is 9. The summed E-state index contributed by atoms with van der Waals surface area (Å²) in [5.74, 6) is 0.330. The van der Waals surface area contributed by atoms with Crippen LogP contribution in [0.4, 0.5) is 15.6 Å². The van der Waals surface area contributed by atoms with Gasteiger partial charge in [-0.15, -0.1) is 10.2 Å². The van der Waals surface area contributed by atoms with Crippen molar-refractivity contribution in [3.05, 3.63) is 24.3 Å². The fourth-order valence-corrected chi connectivity index (χ4v) is 4.03. The Morgan fingerprint density at radius 1 is 1.32 bits per heavy atom. The second-order valence-corrected chi connectivity index (χ2v) is 8.11. The van der Waals surface area contributed by atoms with Crippen molar-refractivity contribution >= 4 is 45.9 Å². The van der Waals surface area contributed by atoms with E-state index in [1.807, 2.05) is 0 Å². The first-order chi connectivity index (χ1) is 13.6. The highest BCUT2D eigenvalue weighted by Crippen LogP contribution is 2.25. The van der Waals surface area contributed by atoms with Crippen LogP contribution in [-0.4, -0.2) is 54.3 Å². The minimum Gasteiger partial charge on any atom is -0.497 e. The van der Waals surface area contributed by atoms with E-state index in [0.717, 1.165) is 19.4 Å². The summed E-state index contributed by atoms with van der Waals surface area (Å²) in [6.45, 7) is 1.51. The van der Waals surface area contributed by atoms with Crippen LogP contribution in [0, 0.1) is 0 Å². The number of benzene rings is 1. The molecule has 0 aliphatic carbocycles. The van der Waals surface area contributed by atoms with Gasteiger partial charge in [-0.3, -0.25) is 10.1 Å². The standard InChI is InChI=1S/C17H21N5O4S2/c1-25-12-6-4-11(5-7-12)19-15(24)20-14(23)10-27-17-22-21-16(28-17)18-9-13-3-2-8-26-13/h4-7,13H,2-3,8-10H2,1H3,(H,18,21)(H2,19,20,23,24)/t13-/m0/s1. The van der Waals surface area contributed by atoms with Gasteiger partial charge in [-0.1, -0.05) is 23.1 Å². The molecular weight excluding hydrogens is 402 g/mol. The fraction of sp³-hybridized carbons (Fsp3) is 0.412. The van der Waals surface area contributed by atoms with Crippen LogP contribution in [0.3, 0.4) is 0 Å². The summed E-state index contributed by atoms with van der Waals surface area (Å²) < 4.78 is 11.2. The number of anilines is 2. The van der Waals surface area contributed by atoms with Gasteiger partial charge in [0.05, 0.1) is 19.0 Å². The normalized spacial score (nSPS) is 15.8. The summed E-state index contributed by atoms with van der Waals surface area (Å²) in [5.41, 5.74) is 0.560. The van der Waals surface area contributed by atoms with Crippen LogP contribution >= 0.6 is 23.1 Å². The van der Waals surface area contributed by atoms with E-state index >= 15 is 0 Å². The molecule has 0 spiro atoms. The van der Waals surface area contributed by atoms with Crippen LogP contribution in [-0.2, 0) is 9.53 Å². The lowest BCUT2D eigenvalue weighted by atomic mass is 10.2. The Morgan fingerprint density at radius 3 is 2.86 bits per heavy atom. The maximum Gasteiger partial charge on any atom is 0.325 e. The second-order valence-electron chi connectivity index (χ2n) is 5.91. The van der Waals surface area contributed by atoms with Crippen LogP contribution in [0.5, 0.6) is 5.75 Å². The number of nitrogens with zero attached hydrogens (tertiary/aromatic N) is 2. The number of thioether (sulfide) groups is 1. The van der Waals surface area contributed by atoms with Gasteiger partial charge in [0.2, 0.25) is 11.0 Å². The van der Waals surface area contributed by atoms with Crippen LogP contribution in [0.25, 0.3) is 0 Å². The van der Waals surface area contributed by atoms with Gasteiger partial charge in [0.25, 0.3) is 0 Å². The first-order valence-corrected chi connectivity index (χ1v) is 10.5. The average Bonchev–Trinajstić information content (AvgIpc) is 3.37. The van der Waals surface area contributed by atoms with Gasteiger partial charge in [-0.2, -0.15) is 0 Å². The molecule has 0 unspecified atom stereocenters. The van der Waals surface area contributed by atoms with Crippen LogP contribution < -0.4 is 20.7 Å². The number of ether oxygens (including phenoxy) is 2. The number of methoxy groups -OCH3 is 1. The minimum absolute atomic E-state index is 0.0659. The highest BCUT2D eigenvalue weighted by molar-refractivity contribution is 8.01. The van der Waals surface area contributed by atoms with E-state index in [2.05, 4.69) is 26.1 Å². The van der Waals surface area contributed by atoms with Gasteiger partial charge in [0.15, 0.2) is 4.34 Å². The first kappa shape index (κ1) is 20.4. The van der Waals surface area contributed by atoms with Gasteiger partial charge in [-0.05, 0) is 37.1 Å². The molecule has 1 aromatic heterocycles. The van der Waals surface area contributed by atoms with E-state index < -0.39 is 11.9 Å². The van der Waals surface area contributed by atoms with Gasteiger partial charge >= 0.3 is 6.03 Å². The summed E-state index contributed by atoms with van der Waals surface area (Å²) in [4.78, 5) is 23.8. The van der Waals surface area contributed by atoms with Crippen LogP contribution in [0.2, 0.25) is 0 Å². The van der Waals surface area contributed by atoms with Crippen molar-refractivity contribution in [1.82, 2.24) is 15.5 Å². The fourth-order valence-electron chi connectivity index (χ4n) is 2.47. The lowest BCUT2D eigenvalue weighted by Crippen LogP contribution is -2.35. The molecular formula is C17H21N5O4S2. The summed E-state index contributed by atoms with van der Waals surface area (Å²) in [6.07, 6.45) is 2.35. The minimum atomic E-state index is -0.591. The number of nitrogens with one attached hydrogen (secondary N) is 3. The topological polar surface area (TPSA) is 114 Å². The lowest BCUT2D eigenvalue weighted by molar-refractivity contribution is -0.117. The molecule has 1 fully saturated rings. The van der Waals surface area contributed by atoms with Crippen molar-refractivity contribution in [2.24, 2.45) is 0 Å². The number of hydrogen-bond donors (Lipinski definition) is 3. The molecule has 0 saturated carbocycles. The van der Waals surface area contributed by atoms with Crippen molar-refractivity contribution < 1.29 is 19.1 Å². The average molecular weight is 424 g/mol. The Hall–Kier alpha value is -2.37. The largest absolute Gasteiger partial charge is 0.497 e. The monoisotopic (exact) mass is 423 g/mol. The smallest absolute Gasteiger partial charge is 0.325 e. The summed E-state index contributed by atoms with van der Waals surface area (Å²) in [6, 6.07) is 6.21. The van der Waals surface area contributed by atoms with Gasteiger partial charge < -0.3 is 20.1 Å². The highest BCUT2D eigenvalue weighted by atomic mass is 32.2. The number of urea groups is 1. The molecule has 1 aromatic carbocycles. The molecule has 2 heterocycles. The number of carbonyl (C=O) groups is 2. The number of rotatable bonds is 8. The van der Waals surface area contributed by atoms with E-state index in [9.17, 15) is 9.59 Å². The molecule has 3 rings (SSSR count).